The molecule has 18 heteroatoms. The maximum Gasteiger partial charge on any atom is 0.472 e. The first kappa shape index (κ1) is 89.7. The molecule has 0 aliphatic heterocycles. The summed E-state index contributed by atoms with van der Waals surface area (Å²) in [6.45, 7) is 2.57. The van der Waals surface area contributed by atoms with Gasteiger partial charge in [0.05, 0.1) is 26.4 Å². The third kappa shape index (κ3) is 69.9. The fourth-order valence-electron chi connectivity index (χ4n) is 9.88. The molecule has 0 radical (unpaired) electrons. The second-order valence-corrected chi connectivity index (χ2v) is 27.6. The maximum atomic E-state index is 12.9. The number of rotatable bonds is 70. The van der Waals surface area contributed by atoms with E-state index in [9.17, 15) is 43.5 Å². The van der Waals surface area contributed by atoms with Gasteiger partial charge in [0.25, 0.3) is 0 Å². The lowest BCUT2D eigenvalue weighted by atomic mass is 10.0. The van der Waals surface area contributed by atoms with Gasteiger partial charge in [-0.25, -0.2) is 9.13 Å². The molecule has 0 rings (SSSR count). The van der Waals surface area contributed by atoms with E-state index in [1.807, 2.05) is 0 Å². The van der Waals surface area contributed by atoms with Crippen LogP contribution in [0, 0.1) is 0 Å². The molecule has 0 aliphatic carbocycles. The molecular weight excluding hydrogens is 1220 g/mol. The lowest BCUT2D eigenvalue weighted by molar-refractivity contribution is -0.161. The van der Waals surface area contributed by atoms with Crippen molar-refractivity contribution in [3.8, 4) is 0 Å². The van der Waals surface area contributed by atoms with Crippen molar-refractivity contribution in [3.63, 3.8) is 0 Å². The molecule has 5 atom stereocenters. The van der Waals surface area contributed by atoms with Gasteiger partial charge >= 0.3 is 33.6 Å². The molecule has 0 spiro atoms. The van der Waals surface area contributed by atoms with Gasteiger partial charge in [0.15, 0.2) is 6.10 Å². The summed E-state index contributed by atoms with van der Waals surface area (Å²) in [7, 11) is -9.78. The van der Waals surface area contributed by atoms with Crippen LogP contribution >= 0.6 is 15.6 Å². The lowest BCUT2D eigenvalue weighted by Crippen LogP contribution is -2.30. The zero-order valence-corrected chi connectivity index (χ0v) is 60.5. The Morgan fingerprint density at radius 2 is 0.559 bits per heavy atom. The van der Waals surface area contributed by atoms with Crippen LogP contribution in [0.15, 0.2) is 85.1 Å². The summed E-state index contributed by atoms with van der Waals surface area (Å²) >= 11 is 0. The molecule has 16 nitrogen and oxygen atoms in total. The summed E-state index contributed by atoms with van der Waals surface area (Å²) in [5.74, 6) is -1.59. The minimum absolute atomic E-state index is 0.0882. The molecule has 0 amide bonds. The van der Waals surface area contributed by atoms with Crippen LogP contribution in [0.2, 0.25) is 0 Å². The SMILES string of the molecule is CCC/C=C\C/C=C\CCCCCCCC(=O)OC(COC(=O)CCCCCCC/C=C\CCCCCCCC)COP(=O)(O)OCC(O)COP(=O)(O)OCC(O)COC(=O)CCCCCCCCCCCCCCC/C=C\C/C=C\C/C=C\C/C=C\CCCCC. The van der Waals surface area contributed by atoms with E-state index in [1.165, 1.54) is 122 Å². The Kier molecular flexibility index (Phi) is 66.2. The predicted octanol–water partition coefficient (Wildman–Crippen LogP) is 20.9. The standard InChI is InChI=1S/C75H134O16P2/c1-4-7-10-13-16-19-22-25-27-28-29-30-31-32-33-34-35-36-37-38-39-40-42-45-46-49-52-55-58-61-73(78)85-64-70(76)65-87-92(81,82)88-66-71(77)67-89-93(83,84)90-69-72(91-75(80)63-60-57-54-51-48-43-24-21-18-15-12-9-6-3)68-86-74(79)62-59-56-53-50-47-44-41-26-23-20-17-14-11-8-5-2/h12,15-16,19,21,24-27,29-30,32-33,41,70-72,76-77H,4-11,13-14,17-18,20,22-23,28,31,34-40,42-69H2,1-3H3,(H,81,82)(H,83,84)/b15-12-,19-16-,24-21-,27-25-,30-29-,33-32-,41-26-. The van der Waals surface area contributed by atoms with Gasteiger partial charge in [0, 0.05) is 19.3 Å². The molecule has 0 fully saturated rings. The first-order valence-corrected chi connectivity index (χ1v) is 39.9. The number of aliphatic hydroxyl groups excluding tert-OH is 2. The number of unbranched alkanes of at least 4 members (excludes halogenated alkanes) is 33. The number of carbonyl (C=O) groups is 3. The Labute approximate surface area is 565 Å². The van der Waals surface area contributed by atoms with Gasteiger partial charge in [-0.05, 0) is 116 Å². The maximum absolute atomic E-state index is 12.9. The quantitative estimate of drug-likeness (QED) is 0.0146. The van der Waals surface area contributed by atoms with Gasteiger partial charge in [0.2, 0.25) is 0 Å². The van der Waals surface area contributed by atoms with Crippen LogP contribution in [0.25, 0.3) is 0 Å². The Bertz CT molecular complexity index is 2040. The van der Waals surface area contributed by atoms with Gasteiger partial charge in [-0.1, -0.05) is 266 Å². The molecule has 5 unspecified atom stereocenters. The number of aliphatic hydroxyl groups is 2. The summed E-state index contributed by atoms with van der Waals surface area (Å²) in [5, 5.41) is 20.6. The third-order valence-corrected chi connectivity index (χ3v) is 17.4. The van der Waals surface area contributed by atoms with E-state index < -0.39 is 91.5 Å². The average molecular weight is 1350 g/mol. The molecule has 0 saturated carbocycles. The van der Waals surface area contributed by atoms with Gasteiger partial charge in [-0.2, -0.15) is 0 Å². The zero-order valence-electron chi connectivity index (χ0n) is 58.7. The molecule has 540 valence electrons. The fourth-order valence-corrected chi connectivity index (χ4v) is 11.5. The third-order valence-electron chi connectivity index (χ3n) is 15.5. The smallest absolute Gasteiger partial charge is 0.463 e. The van der Waals surface area contributed by atoms with Crippen molar-refractivity contribution in [3.05, 3.63) is 85.1 Å². The van der Waals surface area contributed by atoms with E-state index in [0.29, 0.717) is 19.3 Å². The second kappa shape index (κ2) is 68.7. The summed E-state index contributed by atoms with van der Waals surface area (Å²) < 4.78 is 60.9. The largest absolute Gasteiger partial charge is 0.472 e. The van der Waals surface area contributed by atoms with Crippen molar-refractivity contribution >= 4 is 33.6 Å². The van der Waals surface area contributed by atoms with Crippen LogP contribution in [0.5, 0.6) is 0 Å². The van der Waals surface area contributed by atoms with E-state index in [-0.39, 0.29) is 19.3 Å². The van der Waals surface area contributed by atoms with E-state index >= 15 is 0 Å². The van der Waals surface area contributed by atoms with E-state index in [0.717, 1.165) is 135 Å². The summed E-state index contributed by atoms with van der Waals surface area (Å²) in [6, 6.07) is 0. The fraction of sp³-hybridized carbons (Fsp3) is 0.773. The Balaban J connectivity index is 4.44. The van der Waals surface area contributed by atoms with E-state index in [2.05, 4.69) is 106 Å². The zero-order chi connectivity index (χ0) is 68.1. The van der Waals surface area contributed by atoms with Crippen LogP contribution in [-0.2, 0) is 55.8 Å². The minimum atomic E-state index is -4.92. The highest BCUT2D eigenvalue weighted by molar-refractivity contribution is 7.47. The monoisotopic (exact) mass is 1350 g/mol. The van der Waals surface area contributed by atoms with Crippen molar-refractivity contribution in [1.29, 1.82) is 0 Å². The van der Waals surface area contributed by atoms with Gasteiger partial charge in [-0.15, -0.1) is 0 Å². The number of hydrogen-bond donors (Lipinski definition) is 4. The van der Waals surface area contributed by atoms with Crippen LogP contribution in [0.3, 0.4) is 0 Å². The van der Waals surface area contributed by atoms with Crippen molar-refractivity contribution in [1.82, 2.24) is 0 Å². The number of allylic oxidation sites excluding steroid dienone is 14. The highest BCUT2D eigenvalue weighted by Crippen LogP contribution is 2.45. The van der Waals surface area contributed by atoms with Crippen molar-refractivity contribution < 1.29 is 75.8 Å². The number of hydrogen-bond acceptors (Lipinski definition) is 14. The average Bonchev–Trinajstić information content (AvgIpc) is 3.45. The molecule has 0 aromatic carbocycles. The van der Waals surface area contributed by atoms with Crippen molar-refractivity contribution in [2.75, 3.05) is 39.6 Å². The molecule has 0 bridgehead atoms. The highest BCUT2D eigenvalue weighted by Gasteiger charge is 2.29. The van der Waals surface area contributed by atoms with Crippen LogP contribution < -0.4 is 0 Å². The predicted molar refractivity (Wildman–Crippen MR) is 381 cm³/mol. The topological polar surface area (TPSA) is 231 Å². The van der Waals surface area contributed by atoms with Gasteiger partial charge in [0.1, 0.15) is 25.4 Å². The Morgan fingerprint density at radius 3 is 0.925 bits per heavy atom. The number of ether oxygens (including phenoxy) is 3. The van der Waals surface area contributed by atoms with Crippen LogP contribution in [0.4, 0.5) is 0 Å². The molecule has 0 aliphatic rings. The first-order valence-electron chi connectivity index (χ1n) is 36.9. The highest BCUT2D eigenvalue weighted by atomic mass is 31.2. The Hall–Kier alpha value is -3.27. The van der Waals surface area contributed by atoms with Crippen LogP contribution in [-0.4, -0.2) is 95.9 Å². The molecule has 4 N–H and O–H groups in total. The normalized spacial score (nSPS) is 14.6. The molecular formula is C75H134O16P2. The number of phosphoric ester groups is 2. The van der Waals surface area contributed by atoms with Crippen LogP contribution in [0.1, 0.15) is 316 Å². The van der Waals surface area contributed by atoms with Crippen molar-refractivity contribution in [2.24, 2.45) is 0 Å². The molecule has 93 heavy (non-hydrogen) atoms. The van der Waals surface area contributed by atoms with Gasteiger partial charge in [-0.3, -0.25) is 32.5 Å². The van der Waals surface area contributed by atoms with Gasteiger partial charge < -0.3 is 34.2 Å². The molecule has 0 aromatic heterocycles. The molecule has 0 aromatic rings. The van der Waals surface area contributed by atoms with E-state index in [1.54, 1.807) is 0 Å². The lowest BCUT2D eigenvalue weighted by Gasteiger charge is -2.21. The molecule has 0 saturated heterocycles. The number of carbonyl (C=O) groups excluding carboxylic acids is 3. The summed E-state index contributed by atoms with van der Waals surface area (Å²) in [6.07, 6.45) is 75.0. The van der Waals surface area contributed by atoms with E-state index in [4.69, 9.17) is 32.3 Å². The number of esters is 3. The summed E-state index contributed by atoms with van der Waals surface area (Å²) in [4.78, 5) is 58.4. The minimum Gasteiger partial charge on any atom is -0.463 e. The first-order chi connectivity index (χ1) is 45.2. The second-order valence-electron chi connectivity index (χ2n) is 24.7. The Morgan fingerprint density at radius 1 is 0.301 bits per heavy atom. The molecule has 0 heterocycles. The summed E-state index contributed by atoms with van der Waals surface area (Å²) in [5.41, 5.74) is 0. The number of phosphoric acid groups is 2. The van der Waals surface area contributed by atoms with Crippen molar-refractivity contribution in [2.45, 2.75) is 334 Å².